The quantitative estimate of drug-likeness (QED) is 0.868. The van der Waals surface area contributed by atoms with E-state index in [0.717, 1.165) is 4.47 Å². The molecule has 1 aromatic heterocycles. The zero-order valence-corrected chi connectivity index (χ0v) is 11.3. The molecule has 0 N–H and O–H groups in total. The Morgan fingerprint density at radius 3 is 2.76 bits per heavy atom. The van der Waals surface area contributed by atoms with Crippen molar-refractivity contribution in [2.75, 3.05) is 5.75 Å². The Kier molecular flexibility index (Phi) is 3.30. The summed E-state index contributed by atoms with van der Waals surface area (Å²) in [4.78, 5) is 0. The second-order valence-electron chi connectivity index (χ2n) is 3.29. The van der Waals surface area contributed by atoms with Crippen LogP contribution in [-0.4, -0.2) is 24.4 Å². The predicted molar refractivity (Wildman–Crippen MR) is 65.2 cm³/mol. The van der Waals surface area contributed by atoms with Crippen LogP contribution in [0.3, 0.4) is 0 Å². The molecule has 17 heavy (non-hydrogen) atoms. The highest BCUT2D eigenvalue weighted by molar-refractivity contribution is 9.10. The summed E-state index contributed by atoms with van der Waals surface area (Å²) in [5.74, 6) is 0.131. The van der Waals surface area contributed by atoms with Crippen molar-refractivity contribution in [3.05, 3.63) is 28.7 Å². The normalized spacial score (nSPS) is 11.6. The van der Waals surface area contributed by atoms with Crippen LogP contribution >= 0.6 is 15.9 Å². The molecule has 0 radical (unpaired) electrons. The van der Waals surface area contributed by atoms with E-state index in [1.807, 2.05) is 6.07 Å². The minimum Gasteiger partial charge on any atom is -0.408 e. The summed E-state index contributed by atoms with van der Waals surface area (Å²) in [6.07, 6.45) is 0. The van der Waals surface area contributed by atoms with Crippen molar-refractivity contribution < 1.29 is 12.8 Å². The minimum atomic E-state index is -3.45. The number of hydrogen-bond acceptors (Lipinski definition) is 5. The van der Waals surface area contributed by atoms with Crippen molar-refractivity contribution in [3.8, 4) is 11.5 Å². The van der Waals surface area contributed by atoms with Gasteiger partial charge in [0.2, 0.25) is 15.7 Å². The van der Waals surface area contributed by atoms with Crippen LogP contribution in [0, 0.1) is 0 Å². The monoisotopic (exact) mass is 316 g/mol. The Balaban J connectivity index is 2.43. The molecule has 0 unspecified atom stereocenters. The third-order valence-corrected chi connectivity index (χ3v) is 4.07. The van der Waals surface area contributed by atoms with Crippen LogP contribution in [0.4, 0.5) is 0 Å². The van der Waals surface area contributed by atoms with Crippen LogP contribution in [0.2, 0.25) is 0 Å². The van der Waals surface area contributed by atoms with Crippen LogP contribution in [0.5, 0.6) is 0 Å². The largest absolute Gasteiger partial charge is 0.408 e. The van der Waals surface area contributed by atoms with E-state index in [4.69, 9.17) is 4.42 Å². The summed E-state index contributed by atoms with van der Waals surface area (Å²) in [6, 6.07) is 7.19. The van der Waals surface area contributed by atoms with Crippen molar-refractivity contribution in [2.24, 2.45) is 0 Å². The molecule has 1 aromatic carbocycles. The van der Waals surface area contributed by atoms with Crippen molar-refractivity contribution in [2.45, 2.75) is 12.1 Å². The Bertz CT molecular complexity index is 637. The van der Waals surface area contributed by atoms with Gasteiger partial charge in [0.25, 0.3) is 0 Å². The molecular weight excluding hydrogens is 308 g/mol. The molecule has 0 saturated carbocycles. The first-order chi connectivity index (χ1) is 8.03. The molecular formula is C10H9BrN2O3S. The van der Waals surface area contributed by atoms with E-state index >= 15 is 0 Å². The molecule has 0 bridgehead atoms. The molecule has 0 aliphatic rings. The molecule has 0 amide bonds. The van der Waals surface area contributed by atoms with Gasteiger partial charge in [0.15, 0.2) is 0 Å². The molecule has 7 heteroatoms. The van der Waals surface area contributed by atoms with Crippen molar-refractivity contribution in [1.82, 2.24) is 10.2 Å². The first kappa shape index (κ1) is 12.3. The first-order valence-electron chi connectivity index (χ1n) is 4.85. The van der Waals surface area contributed by atoms with Gasteiger partial charge in [-0.05, 0) is 18.2 Å². The molecule has 0 atom stereocenters. The summed E-state index contributed by atoms with van der Waals surface area (Å²) in [6.45, 7) is 1.53. The van der Waals surface area contributed by atoms with Gasteiger partial charge in [-0.1, -0.05) is 34.0 Å². The van der Waals surface area contributed by atoms with Crippen molar-refractivity contribution in [1.29, 1.82) is 0 Å². The third kappa shape index (κ3) is 2.55. The van der Waals surface area contributed by atoms with Gasteiger partial charge in [0.1, 0.15) is 0 Å². The second kappa shape index (κ2) is 4.58. The Morgan fingerprint density at radius 1 is 1.35 bits per heavy atom. The molecule has 1 heterocycles. The summed E-state index contributed by atoms with van der Waals surface area (Å²) in [5, 5.41) is 6.93. The zero-order chi connectivity index (χ0) is 12.5. The van der Waals surface area contributed by atoms with Crippen LogP contribution in [-0.2, 0) is 9.84 Å². The lowest BCUT2D eigenvalue weighted by molar-refractivity contribution is 0.440. The molecule has 90 valence electrons. The molecule has 0 fully saturated rings. The second-order valence-corrected chi connectivity index (χ2v) is 6.36. The highest BCUT2D eigenvalue weighted by Crippen LogP contribution is 2.23. The van der Waals surface area contributed by atoms with E-state index in [0.29, 0.717) is 5.56 Å². The SMILES string of the molecule is CCS(=O)(=O)c1nnc(-c2cccc(Br)c2)o1. The average Bonchev–Trinajstić information content (AvgIpc) is 2.79. The highest BCUT2D eigenvalue weighted by atomic mass is 79.9. The van der Waals surface area contributed by atoms with E-state index in [1.165, 1.54) is 6.92 Å². The van der Waals surface area contributed by atoms with Gasteiger partial charge in [-0.3, -0.25) is 0 Å². The number of benzene rings is 1. The Labute approximate surface area is 107 Å². The predicted octanol–water partition coefficient (Wildman–Crippen LogP) is 2.29. The molecule has 0 spiro atoms. The van der Waals surface area contributed by atoms with E-state index < -0.39 is 9.84 Å². The fraction of sp³-hybridized carbons (Fsp3) is 0.200. The summed E-state index contributed by atoms with van der Waals surface area (Å²) >= 11 is 3.31. The number of hydrogen-bond donors (Lipinski definition) is 0. The summed E-state index contributed by atoms with van der Waals surface area (Å²) < 4.78 is 29.0. The summed E-state index contributed by atoms with van der Waals surface area (Å²) in [5.41, 5.74) is 0.671. The van der Waals surface area contributed by atoms with Gasteiger partial charge in [-0.25, -0.2) is 8.42 Å². The van der Waals surface area contributed by atoms with Gasteiger partial charge in [0.05, 0.1) is 5.75 Å². The number of sulfone groups is 1. The lowest BCUT2D eigenvalue weighted by Gasteiger charge is -1.95. The fourth-order valence-corrected chi connectivity index (χ4v) is 2.21. The fourth-order valence-electron chi connectivity index (χ4n) is 1.20. The van der Waals surface area contributed by atoms with Crippen molar-refractivity contribution >= 4 is 25.8 Å². The topological polar surface area (TPSA) is 73.1 Å². The standard InChI is InChI=1S/C10H9BrN2O3S/c1-2-17(14,15)10-13-12-9(16-10)7-4-3-5-8(11)6-7/h3-6H,2H2,1H3. The first-order valence-corrected chi connectivity index (χ1v) is 7.29. The Hall–Kier alpha value is -1.21. The highest BCUT2D eigenvalue weighted by Gasteiger charge is 2.20. The number of rotatable bonds is 3. The van der Waals surface area contributed by atoms with Gasteiger partial charge in [-0.15, -0.1) is 5.10 Å². The molecule has 5 nitrogen and oxygen atoms in total. The molecule has 0 aliphatic heterocycles. The van der Waals surface area contributed by atoms with Crippen LogP contribution in [0.1, 0.15) is 6.92 Å². The van der Waals surface area contributed by atoms with Gasteiger partial charge < -0.3 is 4.42 Å². The molecule has 2 aromatic rings. The average molecular weight is 317 g/mol. The lowest BCUT2D eigenvalue weighted by Crippen LogP contribution is -2.03. The van der Waals surface area contributed by atoms with E-state index in [2.05, 4.69) is 26.1 Å². The van der Waals surface area contributed by atoms with E-state index in [1.54, 1.807) is 18.2 Å². The molecule has 2 rings (SSSR count). The van der Waals surface area contributed by atoms with Gasteiger partial charge >= 0.3 is 5.22 Å². The maximum atomic E-state index is 11.5. The van der Waals surface area contributed by atoms with Gasteiger partial charge in [-0.2, -0.15) is 0 Å². The Morgan fingerprint density at radius 2 is 2.12 bits per heavy atom. The van der Waals surface area contributed by atoms with E-state index in [-0.39, 0.29) is 16.9 Å². The number of halogens is 1. The van der Waals surface area contributed by atoms with Crippen LogP contribution in [0.25, 0.3) is 11.5 Å². The van der Waals surface area contributed by atoms with E-state index in [9.17, 15) is 8.42 Å². The van der Waals surface area contributed by atoms with Crippen LogP contribution < -0.4 is 0 Å². The molecule has 0 saturated heterocycles. The van der Waals surface area contributed by atoms with Crippen molar-refractivity contribution in [3.63, 3.8) is 0 Å². The van der Waals surface area contributed by atoms with Gasteiger partial charge in [0, 0.05) is 10.0 Å². The maximum Gasteiger partial charge on any atom is 0.335 e. The maximum absolute atomic E-state index is 11.5. The third-order valence-electron chi connectivity index (χ3n) is 2.12. The zero-order valence-electron chi connectivity index (χ0n) is 8.92. The smallest absolute Gasteiger partial charge is 0.335 e. The minimum absolute atomic E-state index is 0.0624. The number of aromatic nitrogens is 2. The molecule has 0 aliphatic carbocycles. The summed E-state index contributed by atoms with van der Waals surface area (Å²) in [7, 11) is -3.45. The lowest BCUT2D eigenvalue weighted by atomic mass is 10.2. The van der Waals surface area contributed by atoms with Crippen LogP contribution in [0.15, 0.2) is 38.4 Å². The number of nitrogens with zero attached hydrogens (tertiary/aromatic N) is 2.